The second-order valence-corrected chi connectivity index (χ2v) is 8.23. The van der Waals surface area contributed by atoms with Crippen molar-refractivity contribution in [2.24, 2.45) is 0 Å². The minimum Gasteiger partial charge on any atom is -0.484 e. The van der Waals surface area contributed by atoms with Gasteiger partial charge in [-0.2, -0.15) is 0 Å². The first-order chi connectivity index (χ1) is 14.8. The predicted octanol–water partition coefficient (Wildman–Crippen LogP) is 4.83. The van der Waals surface area contributed by atoms with Crippen LogP contribution in [0.3, 0.4) is 0 Å². The summed E-state index contributed by atoms with van der Waals surface area (Å²) in [7, 11) is 0. The van der Waals surface area contributed by atoms with Crippen molar-refractivity contribution in [3.8, 4) is 5.75 Å². The van der Waals surface area contributed by atoms with Crippen molar-refractivity contribution in [1.29, 1.82) is 0 Å². The summed E-state index contributed by atoms with van der Waals surface area (Å²) in [5, 5.41) is 2.93. The van der Waals surface area contributed by atoms with Crippen LogP contribution in [0, 0.1) is 6.92 Å². The molecule has 0 heterocycles. The van der Waals surface area contributed by atoms with Crippen molar-refractivity contribution in [3.05, 3.63) is 65.2 Å². The molecule has 5 nitrogen and oxygen atoms in total. The Morgan fingerprint density at radius 1 is 1.00 bits per heavy atom. The largest absolute Gasteiger partial charge is 0.484 e. The number of hydrogen-bond donors (Lipinski definition) is 1. The highest BCUT2D eigenvalue weighted by molar-refractivity contribution is 5.88. The van der Waals surface area contributed by atoms with Gasteiger partial charge in [-0.3, -0.25) is 9.59 Å². The van der Waals surface area contributed by atoms with Gasteiger partial charge in [0, 0.05) is 13.1 Å². The maximum atomic E-state index is 13.2. The van der Waals surface area contributed by atoms with E-state index in [-0.39, 0.29) is 18.4 Å². The number of hydrogen-bond acceptors (Lipinski definition) is 3. The van der Waals surface area contributed by atoms with Crippen molar-refractivity contribution in [2.45, 2.75) is 66.0 Å². The third-order valence-electron chi connectivity index (χ3n) is 5.32. The van der Waals surface area contributed by atoms with Gasteiger partial charge in [0.2, 0.25) is 5.91 Å². The van der Waals surface area contributed by atoms with E-state index in [1.165, 1.54) is 5.56 Å². The SMILES string of the molecule is CCCNC(=O)[C@H](CC)N(Cc1ccc(C)cc1)C(=O)COc1ccc(C(C)C)cc1. The molecule has 2 aromatic carbocycles. The van der Waals surface area contributed by atoms with Crippen molar-refractivity contribution in [2.75, 3.05) is 13.2 Å². The van der Waals surface area contributed by atoms with E-state index >= 15 is 0 Å². The highest BCUT2D eigenvalue weighted by atomic mass is 16.5. The first-order valence-corrected chi connectivity index (χ1v) is 11.2. The normalized spacial score (nSPS) is 11.8. The molecule has 0 bridgehead atoms. The second kappa shape index (κ2) is 12.1. The molecule has 1 N–H and O–H groups in total. The van der Waals surface area contributed by atoms with E-state index in [0.717, 1.165) is 17.5 Å². The van der Waals surface area contributed by atoms with Crippen molar-refractivity contribution in [1.82, 2.24) is 10.2 Å². The van der Waals surface area contributed by atoms with Gasteiger partial charge >= 0.3 is 0 Å². The molecular formula is C26H36N2O3. The van der Waals surface area contributed by atoms with Crippen LogP contribution in [-0.4, -0.2) is 35.9 Å². The molecule has 0 fully saturated rings. The molecule has 31 heavy (non-hydrogen) atoms. The Morgan fingerprint density at radius 3 is 2.19 bits per heavy atom. The summed E-state index contributed by atoms with van der Waals surface area (Å²) in [4.78, 5) is 27.6. The number of aryl methyl sites for hydroxylation is 1. The third kappa shape index (κ3) is 7.42. The van der Waals surface area contributed by atoms with Gasteiger partial charge < -0.3 is 15.0 Å². The summed E-state index contributed by atoms with van der Waals surface area (Å²) < 4.78 is 5.77. The molecule has 2 rings (SSSR count). The number of nitrogens with zero attached hydrogens (tertiary/aromatic N) is 1. The zero-order valence-electron chi connectivity index (χ0n) is 19.5. The van der Waals surface area contributed by atoms with E-state index in [1.807, 2.05) is 69.3 Å². The Balaban J connectivity index is 2.15. The molecule has 2 aromatic rings. The summed E-state index contributed by atoms with van der Waals surface area (Å²) in [5.41, 5.74) is 3.36. The number of rotatable bonds is 11. The molecular weight excluding hydrogens is 388 g/mol. The van der Waals surface area contributed by atoms with Crippen LogP contribution in [0.4, 0.5) is 0 Å². The van der Waals surface area contributed by atoms with E-state index < -0.39 is 6.04 Å². The Bertz CT molecular complexity index is 829. The lowest BCUT2D eigenvalue weighted by atomic mass is 10.0. The van der Waals surface area contributed by atoms with Crippen LogP contribution in [0.2, 0.25) is 0 Å². The molecule has 0 radical (unpaired) electrons. The Labute approximate surface area is 186 Å². The van der Waals surface area contributed by atoms with Gasteiger partial charge in [0.05, 0.1) is 0 Å². The third-order valence-corrected chi connectivity index (χ3v) is 5.32. The Hall–Kier alpha value is -2.82. The van der Waals surface area contributed by atoms with Crippen molar-refractivity contribution < 1.29 is 14.3 Å². The number of amides is 2. The van der Waals surface area contributed by atoms with Gasteiger partial charge in [0.15, 0.2) is 6.61 Å². The average Bonchev–Trinajstić information content (AvgIpc) is 2.77. The number of benzene rings is 2. The number of ether oxygens (including phenoxy) is 1. The van der Waals surface area contributed by atoms with Crippen molar-refractivity contribution >= 4 is 11.8 Å². The predicted molar refractivity (Wildman–Crippen MR) is 125 cm³/mol. The molecule has 0 spiro atoms. The summed E-state index contributed by atoms with van der Waals surface area (Å²) in [6.45, 7) is 11.1. The van der Waals surface area contributed by atoms with Gasteiger partial charge in [0.1, 0.15) is 11.8 Å². The first kappa shape index (κ1) is 24.4. The van der Waals surface area contributed by atoms with Crippen LogP contribution in [0.25, 0.3) is 0 Å². The molecule has 0 aromatic heterocycles. The molecule has 0 saturated heterocycles. The fraction of sp³-hybridized carbons (Fsp3) is 0.462. The summed E-state index contributed by atoms with van der Waals surface area (Å²) >= 11 is 0. The summed E-state index contributed by atoms with van der Waals surface area (Å²) in [5.74, 6) is 0.766. The molecule has 0 aliphatic heterocycles. The number of nitrogens with one attached hydrogen (secondary N) is 1. The topological polar surface area (TPSA) is 58.6 Å². The van der Waals surface area contributed by atoms with Gasteiger partial charge in [0.25, 0.3) is 5.91 Å². The van der Waals surface area contributed by atoms with Gasteiger partial charge in [-0.15, -0.1) is 0 Å². The molecule has 0 aliphatic carbocycles. The quantitative estimate of drug-likeness (QED) is 0.562. The molecule has 0 saturated carbocycles. The fourth-order valence-corrected chi connectivity index (χ4v) is 3.35. The van der Waals surface area contributed by atoms with Gasteiger partial charge in [-0.1, -0.05) is 69.7 Å². The minimum atomic E-state index is -0.535. The van der Waals surface area contributed by atoms with E-state index in [4.69, 9.17) is 4.74 Å². The van der Waals surface area contributed by atoms with Crippen molar-refractivity contribution in [3.63, 3.8) is 0 Å². The molecule has 5 heteroatoms. The van der Waals surface area contributed by atoms with Gasteiger partial charge in [-0.25, -0.2) is 0 Å². The van der Waals surface area contributed by atoms with Crippen LogP contribution < -0.4 is 10.1 Å². The smallest absolute Gasteiger partial charge is 0.261 e. The summed E-state index contributed by atoms with van der Waals surface area (Å²) in [6, 6.07) is 15.3. The lowest BCUT2D eigenvalue weighted by Crippen LogP contribution is -2.50. The van der Waals surface area contributed by atoms with E-state index in [1.54, 1.807) is 4.90 Å². The molecule has 2 amide bonds. The van der Waals surface area contributed by atoms with E-state index in [0.29, 0.717) is 31.2 Å². The molecule has 168 valence electrons. The monoisotopic (exact) mass is 424 g/mol. The first-order valence-electron chi connectivity index (χ1n) is 11.2. The zero-order valence-corrected chi connectivity index (χ0v) is 19.5. The zero-order chi connectivity index (χ0) is 22.8. The number of carbonyl (C=O) groups is 2. The highest BCUT2D eigenvalue weighted by Crippen LogP contribution is 2.19. The maximum absolute atomic E-state index is 13.2. The van der Waals surface area contributed by atoms with Gasteiger partial charge in [-0.05, 0) is 48.9 Å². The van der Waals surface area contributed by atoms with Crippen LogP contribution >= 0.6 is 0 Å². The van der Waals surface area contributed by atoms with E-state index in [2.05, 4.69) is 19.2 Å². The molecule has 1 atom stereocenters. The van der Waals surface area contributed by atoms with Crippen LogP contribution in [0.1, 0.15) is 63.1 Å². The van der Waals surface area contributed by atoms with Crippen LogP contribution in [0.5, 0.6) is 5.75 Å². The highest BCUT2D eigenvalue weighted by Gasteiger charge is 2.28. The van der Waals surface area contributed by atoms with Crippen LogP contribution in [-0.2, 0) is 16.1 Å². The molecule has 0 unspecified atom stereocenters. The Morgan fingerprint density at radius 2 is 1.65 bits per heavy atom. The minimum absolute atomic E-state index is 0.107. The van der Waals surface area contributed by atoms with Crippen LogP contribution in [0.15, 0.2) is 48.5 Å². The Kier molecular flexibility index (Phi) is 9.57. The lowest BCUT2D eigenvalue weighted by Gasteiger charge is -2.30. The molecule has 0 aliphatic rings. The van der Waals surface area contributed by atoms with E-state index in [9.17, 15) is 9.59 Å². The lowest BCUT2D eigenvalue weighted by molar-refractivity contribution is -0.143. The average molecular weight is 425 g/mol. The maximum Gasteiger partial charge on any atom is 0.261 e. The second-order valence-electron chi connectivity index (χ2n) is 8.23. The fourth-order valence-electron chi connectivity index (χ4n) is 3.35. The number of carbonyl (C=O) groups excluding carboxylic acids is 2. The standard InChI is InChI=1S/C26H36N2O3/c1-6-16-27-26(30)24(7-2)28(17-21-10-8-20(5)9-11-21)25(29)18-31-23-14-12-22(13-15-23)19(3)4/h8-15,19,24H,6-7,16-18H2,1-5H3,(H,27,30)/t24-/m0/s1. The summed E-state index contributed by atoms with van der Waals surface area (Å²) in [6.07, 6.45) is 1.39.